The molecule has 17 heavy (non-hydrogen) atoms. The quantitative estimate of drug-likeness (QED) is 0.818. The number of hydrogen-bond acceptors (Lipinski definition) is 3. The van der Waals surface area contributed by atoms with Crippen molar-refractivity contribution in [3.63, 3.8) is 0 Å². The summed E-state index contributed by atoms with van der Waals surface area (Å²) < 4.78 is 0. The number of thiazole rings is 1. The Hall–Kier alpha value is -1.45. The highest BCUT2D eigenvalue weighted by Gasteiger charge is 2.13. The third-order valence-corrected chi connectivity index (χ3v) is 3.54. The van der Waals surface area contributed by atoms with Crippen LogP contribution in [0.2, 0.25) is 0 Å². The van der Waals surface area contributed by atoms with Gasteiger partial charge in [0, 0.05) is 16.9 Å². The van der Waals surface area contributed by atoms with Crippen molar-refractivity contribution >= 4 is 11.3 Å². The topological polar surface area (TPSA) is 33.1 Å². The smallest absolute Gasteiger partial charge is 0.123 e. The predicted octanol–water partition coefficient (Wildman–Crippen LogP) is 3.46. The molecular formula is C14H15NOS. The zero-order chi connectivity index (χ0) is 12.1. The van der Waals surface area contributed by atoms with E-state index in [0.717, 1.165) is 22.7 Å². The molecule has 0 bridgehead atoms. The second-order valence-corrected chi connectivity index (χ2v) is 4.71. The minimum atomic E-state index is 0.0706. The minimum absolute atomic E-state index is 0.0706. The van der Waals surface area contributed by atoms with Crippen molar-refractivity contribution < 1.29 is 5.11 Å². The number of allylic oxidation sites excluding steroid dienone is 1. The first kappa shape index (κ1) is 12.0. The number of hydrogen-bond donors (Lipinski definition) is 1. The highest BCUT2D eigenvalue weighted by atomic mass is 32.1. The lowest BCUT2D eigenvalue weighted by atomic mass is 10.0. The van der Waals surface area contributed by atoms with Gasteiger partial charge in [-0.05, 0) is 6.42 Å². The van der Waals surface area contributed by atoms with Crippen molar-refractivity contribution in [2.24, 2.45) is 0 Å². The lowest BCUT2D eigenvalue weighted by Gasteiger charge is -2.07. The van der Waals surface area contributed by atoms with E-state index in [4.69, 9.17) is 0 Å². The Morgan fingerprint density at radius 2 is 2.12 bits per heavy atom. The molecule has 1 atom stereocenters. The van der Waals surface area contributed by atoms with Crippen LogP contribution in [0.15, 0.2) is 48.4 Å². The monoisotopic (exact) mass is 245 g/mol. The molecule has 0 aliphatic rings. The Morgan fingerprint density at radius 3 is 2.76 bits per heavy atom. The number of aliphatic hydroxyl groups is 1. The van der Waals surface area contributed by atoms with Crippen molar-refractivity contribution in [1.29, 1.82) is 0 Å². The summed E-state index contributed by atoms with van der Waals surface area (Å²) in [4.78, 5) is 4.58. The van der Waals surface area contributed by atoms with E-state index < -0.39 is 0 Å². The molecule has 88 valence electrons. The fraction of sp³-hybridized carbons (Fsp3) is 0.214. The Bertz CT molecular complexity index is 478. The van der Waals surface area contributed by atoms with Gasteiger partial charge in [0.2, 0.25) is 0 Å². The van der Waals surface area contributed by atoms with Crippen LogP contribution in [0.3, 0.4) is 0 Å². The van der Waals surface area contributed by atoms with Crippen molar-refractivity contribution in [2.45, 2.75) is 12.3 Å². The molecule has 3 heteroatoms. The number of benzene rings is 1. The molecule has 0 fully saturated rings. The van der Waals surface area contributed by atoms with E-state index in [1.807, 2.05) is 41.8 Å². The van der Waals surface area contributed by atoms with Crippen LogP contribution in [0, 0.1) is 0 Å². The summed E-state index contributed by atoms with van der Waals surface area (Å²) in [7, 11) is 0. The largest absolute Gasteiger partial charge is 0.396 e. The van der Waals surface area contributed by atoms with Gasteiger partial charge in [-0.15, -0.1) is 17.9 Å². The Kier molecular flexibility index (Phi) is 4.07. The summed E-state index contributed by atoms with van der Waals surface area (Å²) in [5.41, 5.74) is 2.08. The van der Waals surface area contributed by atoms with E-state index in [2.05, 4.69) is 11.6 Å². The van der Waals surface area contributed by atoms with Crippen LogP contribution < -0.4 is 0 Å². The van der Waals surface area contributed by atoms with Gasteiger partial charge in [0.25, 0.3) is 0 Å². The highest BCUT2D eigenvalue weighted by Crippen LogP contribution is 2.28. The van der Waals surface area contributed by atoms with Gasteiger partial charge in [0.05, 0.1) is 12.3 Å². The predicted molar refractivity (Wildman–Crippen MR) is 72.2 cm³/mol. The average Bonchev–Trinajstić information content (AvgIpc) is 2.86. The van der Waals surface area contributed by atoms with Crippen LogP contribution in [-0.2, 0) is 0 Å². The van der Waals surface area contributed by atoms with E-state index in [1.54, 1.807) is 11.3 Å². The molecule has 0 amide bonds. The maximum Gasteiger partial charge on any atom is 0.123 e. The van der Waals surface area contributed by atoms with Gasteiger partial charge in [-0.1, -0.05) is 36.4 Å². The molecule has 0 unspecified atom stereocenters. The van der Waals surface area contributed by atoms with Gasteiger partial charge in [-0.3, -0.25) is 0 Å². The molecule has 0 aliphatic heterocycles. The first-order valence-electron chi connectivity index (χ1n) is 5.57. The molecule has 2 nitrogen and oxygen atoms in total. The second-order valence-electron chi connectivity index (χ2n) is 3.85. The van der Waals surface area contributed by atoms with E-state index in [0.29, 0.717) is 0 Å². The summed E-state index contributed by atoms with van der Waals surface area (Å²) in [6, 6.07) is 10.1. The van der Waals surface area contributed by atoms with Crippen molar-refractivity contribution in [3.8, 4) is 10.6 Å². The summed E-state index contributed by atoms with van der Waals surface area (Å²) >= 11 is 1.62. The van der Waals surface area contributed by atoms with E-state index in [9.17, 15) is 5.11 Å². The number of rotatable bonds is 5. The molecule has 1 heterocycles. The molecule has 0 aliphatic carbocycles. The number of aliphatic hydroxyl groups excluding tert-OH is 1. The van der Waals surface area contributed by atoms with E-state index in [-0.39, 0.29) is 12.5 Å². The maximum absolute atomic E-state index is 9.31. The summed E-state index contributed by atoms with van der Waals surface area (Å²) in [6.07, 6.45) is 2.58. The van der Waals surface area contributed by atoms with Crippen molar-refractivity contribution in [2.75, 3.05) is 6.61 Å². The fourth-order valence-corrected chi connectivity index (χ4v) is 2.58. The average molecular weight is 245 g/mol. The van der Waals surface area contributed by atoms with Crippen LogP contribution in [0.25, 0.3) is 10.6 Å². The molecule has 2 aromatic rings. The molecule has 1 N–H and O–H groups in total. The zero-order valence-corrected chi connectivity index (χ0v) is 10.4. The van der Waals surface area contributed by atoms with Gasteiger partial charge in [0.1, 0.15) is 5.01 Å². The first-order valence-corrected chi connectivity index (χ1v) is 6.45. The summed E-state index contributed by atoms with van der Waals surface area (Å²) in [5, 5.41) is 12.3. The van der Waals surface area contributed by atoms with Gasteiger partial charge in [-0.25, -0.2) is 4.98 Å². The first-order chi connectivity index (χ1) is 8.35. The second kappa shape index (κ2) is 5.75. The van der Waals surface area contributed by atoms with Gasteiger partial charge in [0.15, 0.2) is 0 Å². The summed E-state index contributed by atoms with van der Waals surface area (Å²) in [6.45, 7) is 3.82. The minimum Gasteiger partial charge on any atom is -0.396 e. The van der Waals surface area contributed by atoms with Crippen molar-refractivity contribution in [3.05, 3.63) is 54.1 Å². The molecule has 0 saturated heterocycles. The van der Waals surface area contributed by atoms with Gasteiger partial charge < -0.3 is 5.11 Å². The Labute approximate surface area is 105 Å². The lowest BCUT2D eigenvalue weighted by Crippen LogP contribution is -2.03. The van der Waals surface area contributed by atoms with E-state index >= 15 is 0 Å². The van der Waals surface area contributed by atoms with Crippen LogP contribution in [0.5, 0.6) is 0 Å². The third kappa shape index (κ3) is 2.81. The van der Waals surface area contributed by atoms with Crippen LogP contribution in [0.4, 0.5) is 0 Å². The summed E-state index contributed by atoms with van der Waals surface area (Å²) in [5.74, 6) is 0.0706. The Balaban J connectivity index is 2.23. The fourth-order valence-electron chi connectivity index (χ4n) is 1.68. The molecular weight excluding hydrogens is 230 g/mol. The number of aromatic nitrogens is 1. The SMILES string of the molecule is C=CC[C@@H](CO)c1csc(-c2ccccc2)n1. The van der Waals surface area contributed by atoms with E-state index in [1.165, 1.54) is 0 Å². The van der Waals surface area contributed by atoms with Crippen LogP contribution in [-0.4, -0.2) is 16.7 Å². The van der Waals surface area contributed by atoms with Gasteiger partial charge >= 0.3 is 0 Å². The molecule has 1 aromatic carbocycles. The molecule has 0 saturated carbocycles. The maximum atomic E-state index is 9.31. The molecule has 1 aromatic heterocycles. The van der Waals surface area contributed by atoms with Gasteiger partial charge in [-0.2, -0.15) is 0 Å². The standard InChI is InChI=1S/C14H15NOS/c1-2-6-12(9-16)13-10-17-14(15-13)11-7-4-3-5-8-11/h2-5,7-8,10,12,16H,1,6,9H2/t12-/m0/s1. The lowest BCUT2D eigenvalue weighted by molar-refractivity contribution is 0.264. The van der Waals surface area contributed by atoms with Crippen LogP contribution in [0.1, 0.15) is 18.0 Å². The molecule has 0 spiro atoms. The normalized spacial score (nSPS) is 12.3. The third-order valence-electron chi connectivity index (χ3n) is 2.63. The molecule has 2 rings (SSSR count). The highest BCUT2D eigenvalue weighted by molar-refractivity contribution is 7.13. The van der Waals surface area contributed by atoms with Crippen molar-refractivity contribution in [1.82, 2.24) is 4.98 Å². The van der Waals surface area contributed by atoms with Crippen LogP contribution >= 0.6 is 11.3 Å². The molecule has 0 radical (unpaired) electrons. The number of nitrogens with zero attached hydrogens (tertiary/aromatic N) is 1. The Morgan fingerprint density at radius 1 is 1.35 bits per heavy atom. The zero-order valence-electron chi connectivity index (χ0n) is 9.54.